The lowest BCUT2D eigenvalue weighted by molar-refractivity contribution is 0.121. The van der Waals surface area contributed by atoms with E-state index in [2.05, 4.69) is 5.32 Å². The smallest absolute Gasteiger partial charge is 0.0948 e. The molecule has 2 saturated heterocycles. The van der Waals surface area contributed by atoms with Crippen LogP contribution >= 0.6 is 11.8 Å². The number of aliphatic hydroxyl groups excluding tert-OH is 1. The van der Waals surface area contributed by atoms with Crippen molar-refractivity contribution in [1.29, 1.82) is 0 Å². The number of aliphatic hydroxyl groups is 1. The minimum atomic E-state index is -0.300. The molecule has 0 aliphatic carbocycles. The SMILES string of the molecule is O[C@@H]1COC[C@H]1NC1CCCSCC1. The van der Waals surface area contributed by atoms with E-state index in [0.29, 0.717) is 19.3 Å². The van der Waals surface area contributed by atoms with Crippen LogP contribution in [-0.2, 0) is 4.74 Å². The molecule has 82 valence electrons. The maximum Gasteiger partial charge on any atom is 0.0948 e. The normalized spacial score (nSPS) is 39.6. The van der Waals surface area contributed by atoms with Crippen LogP contribution in [0.5, 0.6) is 0 Å². The fourth-order valence-corrected chi connectivity index (χ4v) is 3.10. The van der Waals surface area contributed by atoms with Gasteiger partial charge in [0, 0.05) is 6.04 Å². The zero-order valence-corrected chi connectivity index (χ0v) is 9.26. The van der Waals surface area contributed by atoms with E-state index in [1.165, 1.54) is 30.8 Å². The zero-order chi connectivity index (χ0) is 9.80. The van der Waals surface area contributed by atoms with Gasteiger partial charge in [0.15, 0.2) is 0 Å². The molecule has 0 saturated carbocycles. The first-order chi connectivity index (χ1) is 6.86. The average molecular weight is 217 g/mol. The predicted molar refractivity (Wildman–Crippen MR) is 58.7 cm³/mol. The summed E-state index contributed by atoms with van der Waals surface area (Å²) in [6.07, 6.45) is 3.47. The van der Waals surface area contributed by atoms with Gasteiger partial charge in [-0.3, -0.25) is 0 Å². The van der Waals surface area contributed by atoms with Gasteiger partial charge in [-0.15, -0.1) is 0 Å². The molecule has 0 spiro atoms. The Kier molecular flexibility index (Phi) is 4.10. The molecule has 3 nitrogen and oxygen atoms in total. The lowest BCUT2D eigenvalue weighted by Gasteiger charge is -2.22. The van der Waals surface area contributed by atoms with E-state index in [-0.39, 0.29) is 12.1 Å². The molecule has 2 fully saturated rings. The molecule has 0 aromatic heterocycles. The van der Waals surface area contributed by atoms with E-state index in [1.54, 1.807) is 0 Å². The first-order valence-corrected chi connectivity index (χ1v) is 6.61. The summed E-state index contributed by atoms with van der Waals surface area (Å²) in [6.45, 7) is 1.17. The summed E-state index contributed by atoms with van der Waals surface area (Å²) in [5.74, 6) is 2.54. The molecule has 4 heteroatoms. The lowest BCUT2D eigenvalue weighted by Crippen LogP contribution is -2.45. The third-order valence-corrected chi connectivity index (χ3v) is 4.05. The summed E-state index contributed by atoms with van der Waals surface area (Å²) in [5.41, 5.74) is 0. The van der Waals surface area contributed by atoms with Crippen molar-refractivity contribution in [3.05, 3.63) is 0 Å². The fourth-order valence-electron chi connectivity index (χ4n) is 2.08. The van der Waals surface area contributed by atoms with Crippen molar-refractivity contribution in [2.45, 2.75) is 37.5 Å². The Morgan fingerprint density at radius 2 is 2.14 bits per heavy atom. The van der Waals surface area contributed by atoms with Crippen molar-refractivity contribution in [3.63, 3.8) is 0 Å². The first kappa shape index (κ1) is 10.7. The number of thioether (sulfide) groups is 1. The summed E-state index contributed by atoms with van der Waals surface area (Å²) < 4.78 is 5.22. The zero-order valence-electron chi connectivity index (χ0n) is 8.45. The quantitative estimate of drug-likeness (QED) is 0.711. The summed E-state index contributed by atoms with van der Waals surface area (Å²) in [6, 6.07) is 0.759. The van der Waals surface area contributed by atoms with Crippen molar-refractivity contribution in [1.82, 2.24) is 5.32 Å². The Morgan fingerprint density at radius 1 is 1.21 bits per heavy atom. The second-order valence-electron chi connectivity index (χ2n) is 4.12. The van der Waals surface area contributed by atoms with Crippen LogP contribution in [0.15, 0.2) is 0 Å². The first-order valence-electron chi connectivity index (χ1n) is 5.46. The molecule has 2 N–H and O–H groups in total. The molecule has 2 rings (SSSR count). The molecule has 2 aliphatic rings. The van der Waals surface area contributed by atoms with Gasteiger partial charge >= 0.3 is 0 Å². The molecule has 2 heterocycles. The Bertz CT molecular complexity index is 172. The van der Waals surface area contributed by atoms with E-state index in [1.807, 2.05) is 11.8 Å². The molecule has 0 aromatic carbocycles. The van der Waals surface area contributed by atoms with Gasteiger partial charge in [-0.05, 0) is 30.8 Å². The van der Waals surface area contributed by atoms with E-state index in [0.717, 1.165) is 0 Å². The van der Waals surface area contributed by atoms with E-state index >= 15 is 0 Å². The van der Waals surface area contributed by atoms with Gasteiger partial charge in [-0.1, -0.05) is 0 Å². The average Bonchev–Trinajstić information content (AvgIpc) is 2.44. The van der Waals surface area contributed by atoms with Gasteiger partial charge in [0.2, 0.25) is 0 Å². The van der Waals surface area contributed by atoms with Crippen LogP contribution in [0.3, 0.4) is 0 Å². The molecule has 0 amide bonds. The minimum absolute atomic E-state index is 0.170. The highest BCUT2D eigenvalue weighted by Gasteiger charge is 2.28. The molecular weight excluding hydrogens is 198 g/mol. The van der Waals surface area contributed by atoms with E-state index in [4.69, 9.17) is 4.74 Å². The number of ether oxygens (including phenoxy) is 1. The van der Waals surface area contributed by atoms with Crippen LogP contribution in [0.1, 0.15) is 19.3 Å². The Labute approximate surface area is 89.6 Å². The third kappa shape index (κ3) is 2.86. The van der Waals surface area contributed by atoms with Crippen LogP contribution in [0.2, 0.25) is 0 Å². The highest BCUT2D eigenvalue weighted by Crippen LogP contribution is 2.18. The second kappa shape index (κ2) is 5.35. The van der Waals surface area contributed by atoms with Crippen LogP contribution in [0, 0.1) is 0 Å². The second-order valence-corrected chi connectivity index (χ2v) is 5.34. The van der Waals surface area contributed by atoms with Crippen LogP contribution in [0.25, 0.3) is 0 Å². The topological polar surface area (TPSA) is 41.5 Å². The Hall–Kier alpha value is 0.230. The summed E-state index contributed by atoms with van der Waals surface area (Å²) in [5, 5.41) is 13.1. The highest BCUT2D eigenvalue weighted by atomic mass is 32.2. The minimum Gasteiger partial charge on any atom is -0.389 e. The standard InChI is InChI=1S/C10H19NO2S/c12-10-7-13-6-9(10)11-8-2-1-4-14-5-3-8/h8-12H,1-7H2/t8?,9-,10-/m1/s1. The predicted octanol–water partition coefficient (Wildman–Crippen LogP) is 0.621. The van der Waals surface area contributed by atoms with Crippen molar-refractivity contribution in [2.75, 3.05) is 24.7 Å². The van der Waals surface area contributed by atoms with Crippen LogP contribution in [0.4, 0.5) is 0 Å². The van der Waals surface area contributed by atoms with E-state index in [9.17, 15) is 5.11 Å². The van der Waals surface area contributed by atoms with Gasteiger partial charge in [0.05, 0.1) is 25.4 Å². The Balaban J connectivity index is 1.77. The number of hydrogen-bond donors (Lipinski definition) is 2. The largest absolute Gasteiger partial charge is 0.389 e. The number of rotatable bonds is 2. The molecule has 0 aromatic rings. The number of nitrogens with one attached hydrogen (secondary N) is 1. The van der Waals surface area contributed by atoms with Gasteiger partial charge in [0.25, 0.3) is 0 Å². The van der Waals surface area contributed by atoms with Crippen LogP contribution in [-0.4, -0.2) is 48.0 Å². The van der Waals surface area contributed by atoms with Crippen molar-refractivity contribution < 1.29 is 9.84 Å². The number of hydrogen-bond acceptors (Lipinski definition) is 4. The molecule has 3 atom stereocenters. The molecule has 2 aliphatic heterocycles. The molecule has 1 unspecified atom stereocenters. The molecule has 14 heavy (non-hydrogen) atoms. The van der Waals surface area contributed by atoms with Gasteiger partial charge in [-0.2, -0.15) is 11.8 Å². The van der Waals surface area contributed by atoms with Crippen molar-refractivity contribution in [3.8, 4) is 0 Å². The Morgan fingerprint density at radius 3 is 2.93 bits per heavy atom. The van der Waals surface area contributed by atoms with Crippen molar-refractivity contribution in [2.24, 2.45) is 0 Å². The lowest BCUT2D eigenvalue weighted by atomic mass is 10.1. The van der Waals surface area contributed by atoms with Crippen molar-refractivity contribution >= 4 is 11.8 Å². The summed E-state index contributed by atoms with van der Waals surface area (Å²) >= 11 is 2.04. The summed E-state index contributed by atoms with van der Waals surface area (Å²) in [4.78, 5) is 0. The molecule has 0 bridgehead atoms. The van der Waals surface area contributed by atoms with Gasteiger partial charge < -0.3 is 15.2 Å². The molecule has 0 radical (unpaired) electrons. The maximum atomic E-state index is 9.60. The third-order valence-electron chi connectivity index (χ3n) is 2.95. The maximum absolute atomic E-state index is 9.60. The van der Waals surface area contributed by atoms with Gasteiger partial charge in [-0.25, -0.2) is 0 Å². The fraction of sp³-hybridized carbons (Fsp3) is 1.00. The highest BCUT2D eigenvalue weighted by molar-refractivity contribution is 7.99. The van der Waals surface area contributed by atoms with Crippen LogP contribution < -0.4 is 5.32 Å². The van der Waals surface area contributed by atoms with Gasteiger partial charge in [0.1, 0.15) is 0 Å². The van der Waals surface area contributed by atoms with E-state index < -0.39 is 0 Å². The summed E-state index contributed by atoms with van der Waals surface area (Å²) in [7, 11) is 0. The monoisotopic (exact) mass is 217 g/mol. The molecular formula is C10H19NO2S.